The van der Waals surface area contributed by atoms with E-state index in [1.54, 1.807) is 12.1 Å². The maximum absolute atomic E-state index is 11.2. The van der Waals surface area contributed by atoms with E-state index in [1.807, 2.05) is 41.8 Å². The van der Waals surface area contributed by atoms with E-state index in [9.17, 15) is 9.90 Å². The highest BCUT2D eigenvalue weighted by atomic mass is 32.1. The van der Waals surface area contributed by atoms with Crippen molar-refractivity contribution >= 4 is 27.4 Å². The molecule has 20 heavy (non-hydrogen) atoms. The van der Waals surface area contributed by atoms with Crippen molar-refractivity contribution in [1.29, 1.82) is 0 Å². The number of hydrogen-bond donors (Lipinski definition) is 1. The average molecular weight is 284 g/mol. The van der Waals surface area contributed by atoms with Crippen LogP contribution < -0.4 is 4.74 Å². The Bertz CT molecular complexity index is 747. The summed E-state index contributed by atoms with van der Waals surface area (Å²) in [4.78, 5) is 11.2. The van der Waals surface area contributed by atoms with Crippen molar-refractivity contribution < 1.29 is 14.6 Å². The Hall–Kier alpha value is -2.33. The molecular weight excluding hydrogens is 272 g/mol. The maximum Gasteiger partial charge on any atom is 0.337 e. The topological polar surface area (TPSA) is 46.5 Å². The first-order valence-electron chi connectivity index (χ1n) is 6.16. The van der Waals surface area contributed by atoms with Gasteiger partial charge in [-0.1, -0.05) is 30.3 Å². The van der Waals surface area contributed by atoms with Crippen molar-refractivity contribution in [3.05, 3.63) is 65.0 Å². The van der Waals surface area contributed by atoms with E-state index in [-0.39, 0.29) is 0 Å². The third kappa shape index (κ3) is 2.38. The number of para-hydroxylation sites is 1. The number of benzene rings is 2. The fraction of sp³-hybridized carbons (Fsp3) is 0.0625. The van der Waals surface area contributed by atoms with Gasteiger partial charge >= 0.3 is 5.97 Å². The fourth-order valence-electron chi connectivity index (χ4n) is 2.07. The number of carbonyl (C=O) groups is 1. The lowest BCUT2D eigenvalue weighted by atomic mass is 10.1. The van der Waals surface area contributed by atoms with Gasteiger partial charge in [-0.3, -0.25) is 0 Å². The van der Waals surface area contributed by atoms with Crippen LogP contribution in [0.2, 0.25) is 0 Å². The van der Waals surface area contributed by atoms with Gasteiger partial charge in [-0.2, -0.15) is 0 Å². The normalized spacial score (nSPS) is 10.6. The second kappa shape index (κ2) is 5.35. The summed E-state index contributed by atoms with van der Waals surface area (Å²) in [5.41, 5.74) is 1.36. The predicted molar refractivity (Wildman–Crippen MR) is 79.6 cm³/mol. The van der Waals surface area contributed by atoms with Crippen LogP contribution in [0.4, 0.5) is 0 Å². The highest BCUT2D eigenvalue weighted by Gasteiger charge is 2.12. The number of carboxylic acid groups (broad SMARTS) is 1. The summed E-state index contributed by atoms with van der Waals surface area (Å²) in [5, 5.41) is 12.1. The summed E-state index contributed by atoms with van der Waals surface area (Å²) in [6, 6.07) is 14.9. The highest BCUT2D eigenvalue weighted by molar-refractivity contribution is 7.17. The number of fused-ring (bicyclic) bond motifs is 1. The molecule has 2 aromatic carbocycles. The van der Waals surface area contributed by atoms with E-state index < -0.39 is 5.97 Å². The molecule has 0 radical (unpaired) electrons. The molecule has 1 heterocycles. The monoisotopic (exact) mass is 284 g/mol. The Morgan fingerprint density at radius 3 is 2.65 bits per heavy atom. The van der Waals surface area contributed by atoms with Gasteiger partial charge in [-0.05, 0) is 29.0 Å². The number of thiophene rings is 1. The molecule has 0 aliphatic rings. The molecule has 0 atom stereocenters. The molecule has 0 bridgehead atoms. The summed E-state index contributed by atoms with van der Waals surface area (Å²) in [6.07, 6.45) is 0. The van der Waals surface area contributed by atoms with Crippen molar-refractivity contribution in [2.75, 3.05) is 0 Å². The predicted octanol–water partition coefficient (Wildman–Crippen LogP) is 4.18. The van der Waals surface area contributed by atoms with Crippen molar-refractivity contribution in [3.8, 4) is 5.75 Å². The first-order valence-corrected chi connectivity index (χ1v) is 7.04. The Labute approximate surface area is 120 Å². The zero-order valence-electron chi connectivity index (χ0n) is 10.6. The van der Waals surface area contributed by atoms with E-state index >= 15 is 0 Å². The van der Waals surface area contributed by atoms with Crippen LogP contribution in [0.5, 0.6) is 5.75 Å². The number of carboxylic acids is 1. The molecule has 0 unspecified atom stereocenters. The van der Waals surface area contributed by atoms with Crippen LogP contribution in [0.15, 0.2) is 53.9 Å². The molecule has 0 fully saturated rings. The van der Waals surface area contributed by atoms with Gasteiger partial charge in [0.25, 0.3) is 0 Å². The number of aromatic carboxylic acids is 1. The minimum atomic E-state index is -0.895. The van der Waals surface area contributed by atoms with Crippen molar-refractivity contribution in [1.82, 2.24) is 0 Å². The Morgan fingerprint density at radius 1 is 1.10 bits per heavy atom. The lowest BCUT2D eigenvalue weighted by molar-refractivity contribution is 0.0699. The third-order valence-corrected chi connectivity index (χ3v) is 4.13. The molecule has 0 amide bonds. The van der Waals surface area contributed by atoms with Crippen molar-refractivity contribution in [2.45, 2.75) is 6.61 Å². The van der Waals surface area contributed by atoms with Crippen LogP contribution >= 0.6 is 11.3 Å². The zero-order valence-corrected chi connectivity index (χ0v) is 11.4. The van der Waals surface area contributed by atoms with Gasteiger partial charge in [0.1, 0.15) is 12.4 Å². The van der Waals surface area contributed by atoms with Crippen LogP contribution in [-0.4, -0.2) is 11.1 Å². The summed E-state index contributed by atoms with van der Waals surface area (Å²) in [6.45, 7) is 0.438. The fourth-order valence-corrected chi connectivity index (χ4v) is 3.13. The molecule has 0 aliphatic heterocycles. The second-order valence-corrected chi connectivity index (χ2v) is 5.23. The molecule has 3 rings (SSSR count). The van der Waals surface area contributed by atoms with Crippen LogP contribution in [0.3, 0.4) is 0 Å². The van der Waals surface area contributed by atoms with E-state index in [0.29, 0.717) is 12.2 Å². The molecule has 0 spiro atoms. The van der Waals surface area contributed by atoms with Gasteiger partial charge in [-0.25, -0.2) is 4.79 Å². The molecule has 1 N–H and O–H groups in total. The molecule has 1 aromatic heterocycles. The summed E-state index contributed by atoms with van der Waals surface area (Å²) in [7, 11) is 0. The molecule has 0 saturated heterocycles. The Balaban J connectivity index is 1.90. The molecule has 3 aromatic rings. The average Bonchev–Trinajstić information content (AvgIpc) is 2.89. The smallest absolute Gasteiger partial charge is 0.337 e. The molecule has 3 nitrogen and oxygen atoms in total. The zero-order chi connectivity index (χ0) is 13.9. The van der Waals surface area contributed by atoms with E-state index in [2.05, 4.69) is 0 Å². The van der Waals surface area contributed by atoms with E-state index in [0.717, 1.165) is 21.4 Å². The lowest BCUT2D eigenvalue weighted by Crippen LogP contribution is -1.97. The van der Waals surface area contributed by atoms with E-state index in [1.165, 1.54) is 11.3 Å². The molecule has 0 aliphatic carbocycles. The van der Waals surface area contributed by atoms with Crippen molar-refractivity contribution in [2.24, 2.45) is 0 Å². The number of ether oxygens (including phenoxy) is 1. The third-order valence-electron chi connectivity index (χ3n) is 3.05. The van der Waals surface area contributed by atoms with Crippen LogP contribution in [0.1, 0.15) is 15.9 Å². The largest absolute Gasteiger partial charge is 0.489 e. The summed E-state index contributed by atoms with van der Waals surface area (Å²) >= 11 is 1.44. The minimum absolute atomic E-state index is 0.346. The Morgan fingerprint density at radius 2 is 1.90 bits per heavy atom. The first-order chi connectivity index (χ1) is 9.75. The van der Waals surface area contributed by atoms with Gasteiger partial charge in [0.2, 0.25) is 0 Å². The van der Waals surface area contributed by atoms with Gasteiger partial charge in [-0.15, -0.1) is 11.3 Å². The summed E-state index contributed by atoms with van der Waals surface area (Å²) in [5.74, 6) is -0.0887. The minimum Gasteiger partial charge on any atom is -0.489 e. The van der Waals surface area contributed by atoms with Crippen LogP contribution in [-0.2, 0) is 6.61 Å². The molecule has 0 saturated carbocycles. The Kier molecular flexibility index (Phi) is 3.39. The van der Waals surface area contributed by atoms with Crippen LogP contribution in [0, 0.1) is 0 Å². The number of rotatable bonds is 4. The summed E-state index contributed by atoms with van der Waals surface area (Å²) < 4.78 is 6.52. The van der Waals surface area contributed by atoms with Crippen molar-refractivity contribution in [3.63, 3.8) is 0 Å². The second-order valence-electron chi connectivity index (χ2n) is 4.35. The van der Waals surface area contributed by atoms with Gasteiger partial charge in [0.15, 0.2) is 0 Å². The van der Waals surface area contributed by atoms with E-state index in [4.69, 9.17) is 4.74 Å². The van der Waals surface area contributed by atoms with Crippen LogP contribution in [0.25, 0.3) is 10.1 Å². The molecular formula is C16H12O3S. The highest BCUT2D eigenvalue weighted by Crippen LogP contribution is 2.30. The number of hydrogen-bond acceptors (Lipinski definition) is 3. The SMILES string of the molecule is O=C(O)c1cccc2c(COc3ccccc3)csc12. The van der Waals surface area contributed by atoms with Gasteiger partial charge < -0.3 is 9.84 Å². The molecule has 4 heteroatoms. The standard InChI is InChI=1S/C16H12O3S/c17-16(18)14-8-4-7-13-11(10-20-15(13)14)9-19-12-5-2-1-3-6-12/h1-8,10H,9H2,(H,17,18). The molecule has 100 valence electrons. The quantitative estimate of drug-likeness (QED) is 0.781. The maximum atomic E-state index is 11.2. The lowest BCUT2D eigenvalue weighted by Gasteiger charge is -2.05. The van der Waals surface area contributed by atoms with Gasteiger partial charge in [0.05, 0.1) is 5.56 Å². The van der Waals surface area contributed by atoms with Gasteiger partial charge in [0, 0.05) is 10.3 Å². The first kappa shape index (κ1) is 12.7.